The zero-order chi connectivity index (χ0) is 16.4. The van der Waals surface area contributed by atoms with Gasteiger partial charge in [-0.15, -0.1) is 0 Å². The zero-order valence-corrected chi connectivity index (χ0v) is 13.6. The van der Waals surface area contributed by atoms with Crippen LogP contribution in [0.25, 0.3) is 0 Å². The number of anilines is 1. The summed E-state index contributed by atoms with van der Waals surface area (Å²) >= 11 is 0. The molecule has 0 fully saturated rings. The van der Waals surface area contributed by atoms with Gasteiger partial charge in [0.05, 0.1) is 18.5 Å². The lowest BCUT2D eigenvalue weighted by Gasteiger charge is -2.16. The molecular weight excluding hydrogens is 278 g/mol. The van der Waals surface area contributed by atoms with E-state index in [1.807, 2.05) is 37.2 Å². The van der Waals surface area contributed by atoms with Gasteiger partial charge in [0.2, 0.25) is 0 Å². The molecule has 5 nitrogen and oxygen atoms in total. The SMILES string of the molecule is COc1cc(N(C)C)ccc1N=C1C=C(C)C(=O)C(C)=C1N. The van der Waals surface area contributed by atoms with Gasteiger partial charge in [-0.1, -0.05) is 0 Å². The molecule has 0 unspecified atom stereocenters. The van der Waals surface area contributed by atoms with Crippen LogP contribution in [-0.2, 0) is 4.79 Å². The summed E-state index contributed by atoms with van der Waals surface area (Å²) in [6, 6.07) is 5.75. The Hall–Kier alpha value is -2.56. The molecule has 22 heavy (non-hydrogen) atoms. The van der Waals surface area contributed by atoms with Crippen molar-refractivity contribution in [3.05, 3.63) is 41.1 Å². The van der Waals surface area contributed by atoms with Gasteiger partial charge in [-0.2, -0.15) is 0 Å². The lowest BCUT2D eigenvalue weighted by molar-refractivity contribution is -0.112. The summed E-state index contributed by atoms with van der Waals surface area (Å²) < 4.78 is 5.41. The Morgan fingerprint density at radius 2 is 1.91 bits per heavy atom. The molecule has 5 heteroatoms. The number of benzene rings is 1. The van der Waals surface area contributed by atoms with Crippen LogP contribution >= 0.6 is 0 Å². The summed E-state index contributed by atoms with van der Waals surface area (Å²) in [5, 5.41) is 0. The molecule has 0 saturated heterocycles. The predicted octanol–water partition coefficient (Wildman–Crippen LogP) is 2.60. The Morgan fingerprint density at radius 1 is 1.23 bits per heavy atom. The molecular formula is C17H21N3O2. The maximum atomic E-state index is 11.9. The second-order valence-corrected chi connectivity index (χ2v) is 5.44. The van der Waals surface area contributed by atoms with Crippen LogP contribution in [0.5, 0.6) is 5.75 Å². The van der Waals surface area contributed by atoms with Crippen molar-refractivity contribution >= 4 is 22.9 Å². The minimum absolute atomic E-state index is 0.0358. The molecule has 0 radical (unpaired) electrons. The van der Waals surface area contributed by atoms with E-state index >= 15 is 0 Å². The summed E-state index contributed by atoms with van der Waals surface area (Å²) in [7, 11) is 5.53. The molecule has 1 aliphatic carbocycles. The summed E-state index contributed by atoms with van der Waals surface area (Å²) in [4.78, 5) is 18.4. The first kappa shape index (κ1) is 15.8. The molecule has 2 rings (SSSR count). The van der Waals surface area contributed by atoms with E-state index in [-0.39, 0.29) is 5.78 Å². The van der Waals surface area contributed by atoms with E-state index < -0.39 is 0 Å². The Labute approximate surface area is 130 Å². The zero-order valence-electron chi connectivity index (χ0n) is 13.6. The summed E-state index contributed by atoms with van der Waals surface area (Å²) in [5.41, 5.74) is 9.89. The molecule has 0 aromatic heterocycles. The number of nitrogens with two attached hydrogens (primary N) is 1. The molecule has 0 saturated carbocycles. The van der Waals surface area contributed by atoms with E-state index in [0.29, 0.717) is 34.0 Å². The first-order valence-electron chi connectivity index (χ1n) is 6.99. The maximum absolute atomic E-state index is 11.9. The number of allylic oxidation sites excluding steroid dienone is 3. The average Bonchev–Trinajstić information content (AvgIpc) is 2.50. The molecule has 1 aliphatic rings. The third-order valence-corrected chi connectivity index (χ3v) is 3.65. The van der Waals surface area contributed by atoms with Crippen molar-refractivity contribution in [3.63, 3.8) is 0 Å². The maximum Gasteiger partial charge on any atom is 0.186 e. The molecule has 1 aromatic rings. The van der Waals surface area contributed by atoms with E-state index in [2.05, 4.69) is 4.99 Å². The second-order valence-electron chi connectivity index (χ2n) is 5.44. The van der Waals surface area contributed by atoms with Gasteiger partial charge in [0, 0.05) is 31.4 Å². The number of hydrogen-bond acceptors (Lipinski definition) is 5. The number of ether oxygens (including phenoxy) is 1. The third-order valence-electron chi connectivity index (χ3n) is 3.65. The van der Waals surface area contributed by atoms with Gasteiger partial charge in [-0.3, -0.25) is 4.79 Å². The highest BCUT2D eigenvalue weighted by molar-refractivity contribution is 6.24. The fourth-order valence-electron chi connectivity index (χ4n) is 2.22. The van der Waals surface area contributed by atoms with Gasteiger partial charge in [0.15, 0.2) is 5.78 Å². The molecule has 0 spiro atoms. The summed E-state index contributed by atoms with van der Waals surface area (Å²) in [6.45, 7) is 3.48. The van der Waals surface area contributed by atoms with Crippen LogP contribution in [-0.4, -0.2) is 32.7 Å². The number of carbonyl (C=O) groups is 1. The van der Waals surface area contributed by atoms with Crippen molar-refractivity contribution in [2.45, 2.75) is 13.8 Å². The summed E-state index contributed by atoms with van der Waals surface area (Å²) in [6.07, 6.45) is 1.71. The van der Waals surface area contributed by atoms with Crippen molar-refractivity contribution in [1.29, 1.82) is 0 Å². The number of methoxy groups -OCH3 is 1. The highest BCUT2D eigenvalue weighted by Crippen LogP contribution is 2.32. The van der Waals surface area contributed by atoms with Crippen molar-refractivity contribution in [1.82, 2.24) is 0 Å². The highest BCUT2D eigenvalue weighted by Gasteiger charge is 2.20. The van der Waals surface area contributed by atoms with Crippen molar-refractivity contribution in [2.75, 3.05) is 26.1 Å². The van der Waals surface area contributed by atoms with E-state index in [1.165, 1.54) is 0 Å². The molecule has 0 bridgehead atoms. The molecule has 1 aromatic carbocycles. The number of Topliss-reactive ketones (excluding diaryl/α,β-unsaturated/α-hetero) is 1. The largest absolute Gasteiger partial charge is 0.494 e. The van der Waals surface area contributed by atoms with Crippen molar-refractivity contribution < 1.29 is 9.53 Å². The van der Waals surface area contributed by atoms with Gasteiger partial charge in [-0.25, -0.2) is 4.99 Å². The van der Waals surface area contributed by atoms with Gasteiger partial charge >= 0.3 is 0 Å². The average molecular weight is 299 g/mol. The quantitative estimate of drug-likeness (QED) is 0.871. The molecule has 0 heterocycles. The van der Waals surface area contributed by atoms with Gasteiger partial charge in [-0.05, 0) is 37.6 Å². The minimum atomic E-state index is -0.0358. The first-order valence-corrected chi connectivity index (χ1v) is 6.99. The Morgan fingerprint density at radius 3 is 2.50 bits per heavy atom. The minimum Gasteiger partial charge on any atom is -0.494 e. The van der Waals surface area contributed by atoms with Crippen LogP contribution < -0.4 is 15.4 Å². The van der Waals surface area contributed by atoms with Crippen LogP contribution in [0, 0.1) is 0 Å². The van der Waals surface area contributed by atoms with E-state index in [0.717, 1.165) is 5.69 Å². The van der Waals surface area contributed by atoms with E-state index in [9.17, 15) is 4.79 Å². The number of rotatable bonds is 3. The smallest absolute Gasteiger partial charge is 0.186 e. The number of carbonyl (C=O) groups excluding carboxylic acids is 1. The fourth-order valence-corrected chi connectivity index (χ4v) is 2.22. The lowest BCUT2D eigenvalue weighted by Crippen LogP contribution is -2.21. The number of nitrogens with zero attached hydrogens (tertiary/aromatic N) is 2. The predicted molar refractivity (Wildman–Crippen MR) is 90.1 cm³/mol. The Balaban J connectivity index is 2.51. The van der Waals surface area contributed by atoms with Crippen LogP contribution in [0.15, 0.2) is 46.1 Å². The first-order chi connectivity index (χ1) is 10.3. The van der Waals surface area contributed by atoms with Crippen LogP contribution in [0.4, 0.5) is 11.4 Å². The Kier molecular flexibility index (Phi) is 4.35. The number of ketones is 1. The number of aliphatic imine (C=N–C) groups is 1. The van der Waals surface area contributed by atoms with Crippen molar-refractivity contribution in [2.24, 2.45) is 10.7 Å². The monoisotopic (exact) mass is 299 g/mol. The van der Waals surface area contributed by atoms with Crippen LogP contribution in [0.2, 0.25) is 0 Å². The lowest BCUT2D eigenvalue weighted by atomic mass is 9.95. The fraction of sp³-hybridized carbons (Fsp3) is 0.294. The molecule has 116 valence electrons. The standard InChI is InChI=1S/C17H21N3O2/c1-10-8-14(16(18)11(2)17(10)21)19-13-7-6-12(20(3)4)9-15(13)22-5/h6-9H,18H2,1-5H3. The molecule has 0 aliphatic heterocycles. The van der Waals surface area contributed by atoms with Crippen LogP contribution in [0.1, 0.15) is 13.8 Å². The molecule has 0 atom stereocenters. The van der Waals surface area contributed by atoms with Gasteiger partial charge in [0.25, 0.3) is 0 Å². The third kappa shape index (κ3) is 2.88. The highest BCUT2D eigenvalue weighted by atomic mass is 16.5. The number of hydrogen-bond donors (Lipinski definition) is 1. The second kappa shape index (κ2) is 6.05. The Bertz CT molecular complexity index is 713. The van der Waals surface area contributed by atoms with Gasteiger partial charge in [0.1, 0.15) is 11.4 Å². The van der Waals surface area contributed by atoms with Crippen LogP contribution in [0.3, 0.4) is 0 Å². The normalized spacial score (nSPS) is 16.9. The molecule has 2 N–H and O–H groups in total. The topological polar surface area (TPSA) is 67.9 Å². The van der Waals surface area contributed by atoms with E-state index in [4.69, 9.17) is 10.5 Å². The summed E-state index contributed by atoms with van der Waals surface area (Å²) in [5.74, 6) is 0.624. The molecule has 0 amide bonds. The van der Waals surface area contributed by atoms with Crippen molar-refractivity contribution in [3.8, 4) is 5.75 Å². The van der Waals surface area contributed by atoms with E-state index in [1.54, 1.807) is 27.0 Å². The van der Waals surface area contributed by atoms with Gasteiger partial charge < -0.3 is 15.4 Å².